The van der Waals surface area contributed by atoms with E-state index in [1.807, 2.05) is 13.1 Å². The molecule has 0 aliphatic carbocycles. The minimum Gasteiger partial charge on any atom is -0.372 e. The Balaban J connectivity index is 2.31. The van der Waals surface area contributed by atoms with E-state index in [9.17, 15) is 0 Å². The third-order valence-electron chi connectivity index (χ3n) is 2.80. The third-order valence-corrected chi connectivity index (χ3v) is 3.55. The molecule has 0 aliphatic heterocycles. The smallest absolute Gasteiger partial charge is 0.150 e. The Morgan fingerprint density at radius 3 is 2.44 bits per heavy atom. The topological polar surface area (TPSA) is 49.8 Å². The standard InChI is InChI=1S/C13H15BrN4/c1-8-4-5-10(6-9(8)2)18-13-11(14)12(15-3)16-7-17-13/h4-7H,1-3H3,(H2,15,16,17,18). The van der Waals surface area contributed by atoms with Gasteiger partial charge in [0.25, 0.3) is 0 Å². The van der Waals surface area contributed by atoms with Crippen LogP contribution < -0.4 is 10.6 Å². The van der Waals surface area contributed by atoms with Gasteiger partial charge in [-0.1, -0.05) is 6.07 Å². The van der Waals surface area contributed by atoms with E-state index in [2.05, 4.69) is 62.5 Å². The van der Waals surface area contributed by atoms with Gasteiger partial charge in [0.15, 0.2) is 0 Å². The lowest BCUT2D eigenvalue weighted by molar-refractivity contribution is 1.14. The molecule has 2 aromatic rings. The molecular formula is C13H15BrN4. The average molecular weight is 307 g/mol. The van der Waals surface area contributed by atoms with E-state index >= 15 is 0 Å². The summed E-state index contributed by atoms with van der Waals surface area (Å²) in [4.78, 5) is 8.35. The lowest BCUT2D eigenvalue weighted by Gasteiger charge is -2.11. The average Bonchev–Trinajstić information content (AvgIpc) is 2.36. The predicted octanol–water partition coefficient (Wildman–Crippen LogP) is 3.64. The van der Waals surface area contributed by atoms with Crippen molar-refractivity contribution in [3.8, 4) is 0 Å². The second-order valence-corrected chi connectivity index (χ2v) is 4.85. The molecule has 0 amide bonds. The lowest BCUT2D eigenvalue weighted by Crippen LogP contribution is -2.00. The van der Waals surface area contributed by atoms with Gasteiger partial charge < -0.3 is 10.6 Å². The zero-order valence-corrected chi connectivity index (χ0v) is 12.2. The van der Waals surface area contributed by atoms with Crippen LogP contribution in [0.1, 0.15) is 11.1 Å². The normalized spacial score (nSPS) is 10.2. The highest BCUT2D eigenvalue weighted by atomic mass is 79.9. The summed E-state index contributed by atoms with van der Waals surface area (Å²) in [5.41, 5.74) is 3.54. The molecule has 0 bridgehead atoms. The Labute approximate surface area is 115 Å². The summed E-state index contributed by atoms with van der Waals surface area (Å²) < 4.78 is 0.825. The molecule has 0 fully saturated rings. The first kappa shape index (κ1) is 12.8. The maximum absolute atomic E-state index is 4.23. The number of hydrogen-bond donors (Lipinski definition) is 2. The van der Waals surface area contributed by atoms with E-state index < -0.39 is 0 Å². The summed E-state index contributed by atoms with van der Waals surface area (Å²) in [6, 6.07) is 6.23. The van der Waals surface area contributed by atoms with Crippen LogP contribution in [0, 0.1) is 13.8 Å². The second-order valence-electron chi connectivity index (χ2n) is 4.06. The van der Waals surface area contributed by atoms with Crippen LogP contribution in [0.2, 0.25) is 0 Å². The van der Waals surface area contributed by atoms with Crippen LogP contribution in [-0.4, -0.2) is 17.0 Å². The predicted molar refractivity (Wildman–Crippen MR) is 78.5 cm³/mol. The van der Waals surface area contributed by atoms with Crippen LogP contribution in [0.15, 0.2) is 29.0 Å². The molecule has 94 valence electrons. The Hall–Kier alpha value is -1.62. The number of halogens is 1. The Morgan fingerprint density at radius 2 is 1.78 bits per heavy atom. The van der Waals surface area contributed by atoms with Crippen LogP contribution in [0.25, 0.3) is 0 Å². The summed E-state index contributed by atoms with van der Waals surface area (Å²) in [5.74, 6) is 1.51. The molecule has 0 saturated heterocycles. The highest BCUT2D eigenvalue weighted by molar-refractivity contribution is 9.10. The van der Waals surface area contributed by atoms with Crippen molar-refractivity contribution in [2.24, 2.45) is 0 Å². The lowest BCUT2D eigenvalue weighted by atomic mass is 10.1. The van der Waals surface area contributed by atoms with Crippen molar-refractivity contribution in [3.05, 3.63) is 40.1 Å². The van der Waals surface area contributed by atoms with Crippen LogP contribution in [-0.2, 0) is 0 Å². The molecule has 0 unspecified atom stereocenters. The zero-order chi connectivity index (χ0) is 13.1. The summed E-state index contributed by atoms with van der Waals surface area (Å²) in [7, 11) is 1.83. The molecule has 1 aromatic heterocycles. The summed E-state index contributed by atoms with van der Waals surface area (Å²) in [5, 5.41) is 6.28. The summed E-state index contributed by atoms with van der Waals surface area (Å²) in [6.07, 6.45) is 1.53. The van der Waals surface area contributed by atoms with Gasteiger partial charge in [-0.3, -0.25) is 0 Å². The van der Waals surface area contributed by atoms with Crippen molar-refractivity contribution in [1.82, 2.24) is 9.97 Å². The quantitative estimate of drug-likeness (QED) is 0.909. The van der Waals surface area contributed by atoms with Crippen LogP contribution in [0.4, 0.5) is 17.3 Å². The van der Waals surface area contributed by atoms with Gasteiger partial charge in [0, 0.05) is 12.7 Å². The molecule has 0 radical (unpaired) electrons. The van der Waals surface area contributed by atoms with E-state index in [0.29, 0.717) is 0 Å². The van der Waals surface area contributed by atoms with Crippen molar-refractivity contribution in [3.63, 3.8) is 0 Å². The highest BCUT2D eigenvalue weighted by Gasteiger charge is 2.07. The number of benzene rings is 1. The number of hydrogen-bond acceptors (Lipinski definition) is 4. The second kappa shape index (κ2) is 5.35. The van der Waals surface area contributed by atoms with E-state index in [1.54, 1.807) is 0 Å². The van der Waals surface area contributed by atoms with Crippen LogP contribution in [0.3, 0.4) is 0 Å². The summed E-state index contributed by atoms with van der Waals surface area (Å²) >= 11 is 3.48. The van der Waals surface area contributed by atoms with Gasteiger partial charge in [-0.15, -0.1) is 0 Å². The van der Waals surface area contributed by atoms with Gasteiger partial charge in [0.05, 0.1) is 0 Å². The minimum absolute atomic E-state index is 0.748. The molecule has 2 rings (SSSR count). The molecular weight excluding hydrogens is 292 g/mol. The minimum atomic E-state index is 0.748. The molecule has 2 N–H and O–H groups in total. The van der Waals surface area contributed by atoms with Gasteiger partial charge in [-0.2, -0.15) is 0 Å². The Bertz CT molecular complexity index is 569. The number of nitrogens with zero attached hydrogens (tertiary/aromatic N) is 2. The van der Waals surface area contributed by atoms with E-state index in [1.165, 1.54) is 17.5 Å². The van der Waals surface area contributed by atoms with Gasteiger partial charge in [-0.05, 0) is 53.0 Å². The summed E-state index contributed by atoms with van der Waals surface area (Å²) in [6.45, 7) is 4.19. The maximum atomic E-state index is 4.23. The van der Waals surface area contributed by atoms with Crippen molar-refractivity contribution in [1.29, 1.82) is 0 Å². The largest absolute Gasteiger partial charge is 0.372 e. The number of rotatable bonds is 3. The van der Waals surface area contributed by atoms with Crippen LogP contribution >= 0.6 is 15.9 Å². The molecule has 18 heavy (non-hydrogen) atoms. The molecule has 1 heterocycles. The number of anilines is 3. The fourth-order valence-electron chi connectivity index (χ4n) is 1.59. The van der Waals surface area contributed by atoms with Gasteiger partial charge in [0.1, 0.15) is 22.4 Å². The first-order valence-electron chi connectivity index (χ1n) is 5.64. The molecule has 1 aromatic carbocycles. The first-order chi connectivity index (χ1) is 8.61. The fourth-order valence-corrected chi connectivity index (χ4v) is 2.09. The van der Waals surface area contributed by atoms with E-state index in [0.717, 1.165) is 21.8 Å². The number of nitrogens with one attached hydrogen (secondary N) is 2. The Morgan fingerprint density at radius 1 is 1.06 bits per heavy atom. The van der Waals surface area contributed by atoms with Gasteiger partial charge >= 0.3 is 0 Å². The van der Waals surface area contributed by atoms with Crippen molar-refractivity contribution in [2.75, 3.05) is 17.7 Å². The molecule has 4 nitrogen and oxygen atoms in total. The Kier molecular flexibility index (Phi) is 3.81. The molecule has 0 aliphatic rings. The number of aromatic nitrogens is 2. The molecule has 0 spiro atoms. The maximum Gasteiger partial charge on any atom is 0.150 e. The van der Waals surface area contributed by atoms with Crippen molar-refractivity contribution >= 4 is 33.3 Å². The first-order valence-corrected chi connectivity index (χ1v) is 6.43. The highest BCUT2D eigenvalue weighted by Crippen LogP contribution is 2.29. The van der Waals surface area contributed by atoms with Gasteiger partial charge in [-0.25, -0.2) is 9.97 Å². The van der Waals surface area contributed by atoms with Crippen molar-refractivity contribution in [2.45, 2.75) is 13.8 Å². The molecule has 0 atom stereocenters. The SMILES string of the molecule is CNc1ncnc(Nc2ccc(C)c(C)c2)c1Br. The van der Waals surface area contributed by atoms with E-state index in [-0.39, 0.29) is 0 Å². The third kappa shape index (κ3) is 2.61. The van der Waals surface area contributed by atoms with Crippen molar-refractivity contribution < 1.29 is 0 Å². The fraction of sp³-hybridized carbons (Fsp3) is 0.231. The monoisotopic (exact) mass is 306 g/mol. The van der Waals surface area contributed by atoms with E-state index in [4.69, 9.17) is 0 Å². The van der Waals surface area contributed by atoms with Gasteiger partial charge in [0.2, 0.25) is 0 Å². The zero-order valence-electron chi connectivity index (χ0n) is 10.6. The number of aryl methyl sites for hydroxylation is 2. The molecule has 5 heteroatoms. The van der Waals surface area contributed by atoms with Crippen LogP contribution in [0.5, 0.6) is 0 Å². The molecule has 0 saturated carbocycles.